The van der Waals surface area contributed by atoms with Crippen LogP contribution in [0.1, 0.15) is 6.92 Å². The van der Waals surface area contributed by atoms with E-state index in [9.17, 15) is 9.59 Å². The molecule has 2 rings (SSSR count). The molecule has 0 atom stereocenters. The Kier molecular flexibility index (Phi) is 2.32. The van der Waals surface area contributed by atoms with Gasteiger partial charge in [-0.3, -0.25) is 4.79 Å². The summed E-state index contributed by atoms with van der Waals surface area (Å²) in [5.74, 6) is 0.0850. The van der Waals surface area contributed by atoms with Gasteiger partial charge in [-0.2, -0.15) is 4.68 Å². The third-order valence-corrected chi connectivity index (χ3v) is 2.09. The van der Waals surface area contributed by atoms with Crippen molar-refractivity contribution in [1.82, 2.24) is 9.78 Å². The molecule has 0 unspecified atom stereocenters. The molecule has 2 aromatic rings. The Balaban J connectivity index is 2.66. The van der Waals surface area contributed by atoms with Gasteiger partial charge in [-0.25, -0.2) is 4.79 Å². The van der Waals surface area contributed by atoms with Crippen molar-refractivity contribution >= 4 is 28.7 Å². The summed E-state index contributed by atoms with van der Waals surface area (Å²) in [5, 5.41) is 7.16. The molecule has 0 bridgehead atoms. The number of carbonyl (C=O) groups excluding carboxylic acids is 2. The third kappa shape index (κ3) is 1.60. The molecule has 16 heavy (non-hydrogen) atoms. The molecular formula is C10H10N4O2. The summed E-state index contributed by atoms with van der Waals surface area (Å²) < 4.78 is 1.06. The first kappa shape index (κ1) is 10.2. The second-order valence-electron chi connectivity index (χ2n) is 3.30. The highest BCUT2D eigenvalue weighted by Crippen LogP contribution is 2.21. The Bertz CT molecular complexity index is 573. The smallest absolute Gasteiger partial charge is 0.340 e. The van der Waals surface area contributed by atoms with Gasteiger partial charge in [-0.05, 0) is 12.1 Å². The lowest BCUT2D eigenvalue weighted by atomic mass is 10.2. The minimum Gasteiger partial charge on any atom is -0.350 e. The number of para-hydroxylation sites is 1. The van der Waals surface area contributed by atoms with Crippen molar-refractivity contribution in [1.29, 1.82) is 0 Å². The number of nitrogens with zero attached hydrogens (tertiary/aromatic N) is 2. The second-order valence-corrected chi connectivity index (χ2v) is 3.30. The van der Waals surface area contributed by atoms with Crippen molar-refractivity contribution in [3.05, 3.63) is 24.3 Å². The van der Waals surface area contributed by atoms with E-state index >= 15 is 0 Å². The summed E-state index contributed by atoms with van der Waals surface area (Å²) in [5.41, 5.74) is 5.74. The zero-order valence-electron chi connectivity index (χ0n) is 8.60. The number of aromatic nitrogens is 2. The van der Waals surface area contributed by atoms with Crippen LogP contribution >= 0.6 is 0 Å². The van der Waals surface area contributed by atoms with E-state index in [1.165, 1.54) is 6.92 Å². The molecule has 0 saturated carbocycles. The van der Waals surface area contributed by atoms with Gasteiger partial charge in [-0.15, -0.1) is 5.10 Å². The van der Waals surface area contributed by atoms with Crippen LogP contribution in [0.2, 0.25) is 0 Å². The van der Waals surface area contributed by atoms with Crippen LogP contribution in [-0.4, -0.2) is 21.7 Å². The normalized spacial score (nSPS) is 10.3. The molecule has 0 spiro atoms. The first-order valence-corrected chi connectivity index (χ1v) is 4.65. The molecule has 1 aromatic carbocycles. The summed E-state index contributed by atoms with van der Waals surface area (Å²) in [6, 6.07) is 6.33. The van der Waals surface area contributed by atoms with E-state index in [4.69, 9.17) is 5.73 Å². The first-order chi connectivity index (χ1) is 7.59. The molecule has 0 aliphatic carbocycles. The molecule has 82 valence electrons. The third-order valence-electron chi connectivity index (χ3n) is 2.09. The quantitative estimate of drug-likeness (QED) is 0.745. The maximum absolute atomic E-state index is 11.1. The lowest BCUT2D eigenvalue weighted by Gasteiger charge is -1.95. The number of hydrogen-bond acceptors (Lipinski definition) is 3. The topological polar surface area (TPSA) is 90.0 Å². The first-order valence-electron chi connectivity index (χ1n) is 4.65. The van der Waals surface area contributed by atoms with Crippen LogP contribution in [0.3, 0.4) is 0 Å². The Morgan fingerprint density at radius 2 is 2.06 bits per heavy atom. The molecule has 1 aromatic heterocycles. The van der Waals surface area contributed by atoms with Crippen LogP contribution in [0.4, 0.5) is 10.6 Å². The number of nitrogens with one attached hydrogen (secondary N) is 1. The van der Waals surface area contributed by atoms with Gasteiger partial charge >= 0.3 is 6.03 Å². The van der Waals surface area contributed by atoms with Gasteiger partial charge in [0.15, 0.2) is 5.82 Å². The number of hydrogen-bond donors (Lipinski definition) is 2. The SMILES string of the molecule is CC(=O)Nc1nn(C(N)=O)c2ccccc12. The average Bonchev–Trinajstić information content (AvgIpc) is 2.57. The fraction of sp³-hybridized carbons (Fsp3) is 0.100. The highest BCUT2D eigenvalue weighted by atomic mass is 16.2. The number of anilines is 1. The van der Waals surface area contributed by atoms with Gasteiger partial charge in [0.1, 0.15) is 0 Å². The van der Waals surface area contributed by atoms with E-state index < -0.39 is 6.03 Å². The van der Waals surface area contributed by atoms with Crippen LogP contribution in [0.25, 0.3) is 10.9 Å². The number of rotatable bonds is 1. The number of carbonyl (C=O) groups is 2. The molecule has 0 aliphatic heterocycles. The van der Waals surface area contributed by atoms with E-state index in [2.05, 4.69) is 10.4 Å². The Labute approximate surface area is 91.0 Å². The summed E-state index contributed by atoms with van der Waals surface area (Å²) in [6.07, 6.45) is 0. The van der Waals surface area contributed by atoms with Crippen molar-refractivity contribution in [2.45, 2.75) is 6.92 Å². The molecule has 3 N–H and O–H groups in total. The number of primary amides is 1. The molecule has 2 amide bonds. The van der Waals surface area contributed by atoms with E-state index in [1.54, 1.807) is 24.3 Å². The van der Waals surface area contributed by atoms with Gasteiger partial charge in [-0.1, -0.05) is 12.1 Å². The minimum absolute atomic E-state index is 0.250. The van der Waals surface area contributed by atoms with Crippen LogP contribution < -0.4 is 11.1 Å². The largest absolute Gasteiger partial charge is 0.350 e. The number of fused-ring (bicyclic) bond motifs is 1. The maximum Gasteiger partial charge on any atom is 0.340 e. The van der Waals surface area contributed by atoms with Crippen molar-refractivity contribution in [3.8, 4) is 0 Å². The van der Waals surface area contributed by atoms with Crippen LogP contribution in [0, 0.1) is 0 Å². The lowest BCUT2D eigenvalue weighted by Crippen LogP contribution is -2.20. The zero-order chi connectivity index (χ0) is 11.7. The van der Waals surface area contributed by atoms with E-state index in [0.29, 0.717) is 16.7 Å². The number of nitrogens with two attached hydrogens (primary N) is 1. The van der Waals surface area contributed by atoms with Crippen molar-refractivity contribution < 1.29 is 9.59 Å². The molecule has 0 radical (unpaired) electrons. The molecule has 0 fully saturated rings. The molecule has 0 saturated heterocycles. The number of amides is 2. The zero-order valence-corrected chi connectivity index (χ0v) is 8.60. The van der Waals surface area contributed by atoms with Gasteiger partial charge in [0.2, 0.25) is 5.91 Å². The van der Waals surface area contributed by atoms with Gasteiger partial charge in [0.25, 0.3) is 0 Å². The predicted molar refractivity (Wildman–Crippen MR) is 59.0 cm³/mol. The Morgan fingerprint density at radius 1 is 1.38 bits per heavy atom. The highest BCUT2D eigenvalue weighted by Gasteiger charge is 2.13. The van der Waals surface area contributed by atoms with Crippen molar-refractivity contribution in [3.63, 3.8) is 0 Å². The van der Waals surface area contributed by atoms with Crippen LogP contribution in [0.5, 0.6) is 0 Å². The van der Waals surface area contributed by atoms with Crippen molar-refractivity contribution in [2.24, 2.45) is 5.73 Å². The summed E-state index contributed by atoms with van der Waals surface area (Å²) in [4.78, 5) is 22.1. The molecule has 6 nitrogen and oxygen atoms in total. The van der Waals surface area contributed by atoms with E-state index in [0.717, 1.165) is 4.68 Å². The van der Waals surface area contributed by atoms with E-state index in [-0.39, 0.29) is 5.91 Å². The molecule has 1 heterocycles. The Morgan fingerprint density at radius 3 is 2.69 bits per heavy atom. The summed E-state index contributed by atoms with van der Waals surface area (Å²) in [6.45, 7) is 1.37. The molecular weight excluding hydrogens is 208 g/mol. The fourth-order valence-electron chi connectivity index (χ4n) is 1.49. The minimum atomic E-state index is -0.687. The number of benzene rings is 1. The Hall–Kier alpha value is -2.37. The molecule has 0 aliphatic rings. The lowest BCUT2D eigenvalue weighted by molar-refractivity contribution is -0.114. The molecule has 6 heteroatoms. The second kappa shape index (κ2) is 3.65. The maximum atomic E-state index is 11.1. The highest BCUT2D eigenvalue weighted by molar-refractivity contribution is 6.01. The average molecular weight is 218 g/mol. The standard InChI is InChI=1S/C10H10N4O2/c1-6(15)12-9-7-4-2-3-5-8(7)14(13-9)10(11)16/h2-5H,1H3,(H2,11,16)(H,12,13,15). The van der Waals surface area contributed by atoms with Gasteiger partial charge < -0.3 is 11.1 Å². The van der Waals surface area contributed by atoms with Gasteiger partial charge in [0, 0.05) is 12.3 Å². The van der Waals surface area contributed by atoms with Gasteiger partial charge in [0.05, 0.1) is 5.52 Å². The van der Waals surface area contributed by atoms with E-state index in [1.807, 2.05) is 0 Å². The predicted octanol–water partition coefficient (Wildman–Crippen LogP) is 0.921. The summed E-state index contributed by atoms with van der Waals surface area (Å²) in [7, 11) is 0. The monoisotopic (exact) mass is 218 g/mol. The van der Waals surface area contributed by atoms with Crippen LogP contribution in [-0.2, 0) is 4.79 Å². The van der Waals surface area contributed by atoms with Crippen molar-refractivity contribution in [2.75, 3.05) is 5.32 Å². The fourth-order valence-corrected chi connectivity index (χ4v) is 1.49. The summed E-state index contributed by atoms with van der Waals surface area (Å²) >= 11 is 0. The van der Waals surface area contributed by atoms with Crippen LogP contribution in [0.15, 0.2) is 24.3 Å².